The average molecular weight is 358 g/mol. The maximum atomic E-state index is 12.1. The number of hydrogen-bond donors (Lipinski definition) is 3. The molecule has 128 valence electrons. The third kappa shape index (κ3) is 4.87. The van der Waals surface area contributed by atoms with Gasteiger partial charge >= 0.3 is 0 Å². The first-order valence-corrected chi connectivity index (χ1v) is 9.42. The molecule has 23 heavy (non-hydrogen) atoms. The summed E-state index contributed by atoms with van der Waals surface area (Å²) in [4.78, 5) is 0.219. The van der Waals surface area contributed by atoms with Gasteiger partial charge in [0.25, 0.3) is 0 Å². The molecule has 0 radical (unpaired) electrons. The molecular formula is C15H23N3O3S2. The summed E-state index contributed by atoms with van der Waals surface area (Å²) in [5.41, 5.74) is 0.626. The number of benzene rings is 1. The molecule has 0 atom stereocenters. The van der Waals surface area contributed by atoms with Crippen LogP contribution in [0.25, 0.3) is 0 Å². The summed E-state index contributed by atoms with van der Waals surface area (Å²) in [6.45, 7) is 0. The van der Waals surface area contributed by atoms with Crippen LogP contribution in [0.4, 0.5) is 5.69 Å². The Morgan fingerprint density at radius 1 is 1.26 bits per heavy atom. The molecule has 1 aliphatic rings. The van der Waals surface area contributed by atoms with Crippen molar-refractivity contribution in [1.29, 1.82) is 0 Å². The lowest BCUT2D eigenvalue weighted by Crippen LogP contribution is -2.40. The van der Waals surface area contributed by atoms with Crippen molar-refractivity contribution in [1.82, 2.24) is 9.62 Å². The Labute approximate surface area is 142 Å². The van der Waals surface area contributed by atoms with Gasteiger partial charge in [-0.05, 0) is 56.1 Å². The summed E-state index contributed by atoms with van der Waals surface area (Å²) in [7, 11) is -0.468. The number of thiocarbonyl (C=S) groups is 1. The molecular weight excluding hydrogens is 334 g/mol. The zero-order chi connectivity index (χ0) is 17.0. The van der Waals surface area contributed by atoms with Crippen molar-refractivity contribution in [2.45, 2.75) is 42.7 Å². The molecule has 0 aromatic heterocycles. The first-order valence-electron chi connectivity index (χ1n) is 7.57. The van der Waals surface area contributed by atoms with Gasteiger partial charge in [-0.1, -0.05) is 6.07 Å². The zero-order valence-electron chi connectivity index (χ0n) is 13.3. The first kappa shape index (κ1) is 18.1. The minimum Gasteiger partial charge on any atom is -0.393 e. The van der Waals surface area contributed by atoms with E-state index in [1.165, 1.54) is 18.4 Å². The van der Waals surface area contributed by atoms with Crippen LogP contribution in [0.2, 0.25) is 0 Å². The Morgan fingerprint density at radius 3 is 2.52 bits per heavy atom. The van der Waals surface area contributed by atoms with E-state index >= 15 is 0 Å². The van der Waals surface area contributed by atoms with Crippen molar-refractivity contribution in [3.05, 3.63) is 24.3 Å². The Hall–Kier alpha value is -1.22. The number of aliphatic hydroxyl groups excluding tert-OH is 1. The molecule has 1 saturated carbocycles. The molecule has 1 fully saturated rings. The Balaban J connectivity index is 1.99. The topological polar surface area (TPSA) is 81.7 Å². The average Bonchev–Trinajstić information content (AvgIpc) is 2.49. The van der Waals surface area contributed by atoms with Crippen LogP contribution in [0.3, 0.4) is 0 Å². The predicted octanol–water partition coefficient (Wildman–Crippen LogP) is 1.53. The largest absolute Gasteiger partial charge is 0.393 e. The van der Waals surface area contributed by atoms with Crippen molar-refractivity contribution >= 4 is 33.0 Å². The summed E-state index contributed by atoms with van der Waals surface area (Å²) in [6, 6.07) is 6.81. The van der Waals surface area contributed by atoms with E-state index in [-0.39, 0.29) is 17.0 Å². The molecule has 0 saturated heterocycles. The first-order chi connectivity index (χ1) is 10.8. The van der Waals surface area contributed by atoms with Crippen LogP contribution in [-0.4, -0.2) is 49.2 Å². The maximum absolute atomic E-state index is 12.1. The fourth-order valence-electron chi connectivity index (χ4n) is 2.52. The van der Waals surface area contributed by atoms with E-state index in [1.54, 1.807) is 24.3 Å². The van der Waals surface area contributed by atoms with Gasteiger partial charge in [0.2, 0.25) is 10.0 Å². The quantitative estimate of drug-likeness (QED) is 0.709. The third-order valence-electron chi connectivity index (χ3n) is 3.90. The van der Waals surface area contributed by atoms with Crippen LogP contribution in [-0.2, 0) is 10.0 Å². The minimum atomic E-state index is -3.47. The Morgan fingerprint density at radius 2 is 1.91 bits per heavy atom. The number of hydrogen-bond acceptors (Lipinski definition) is 4. The monoisotopic (exact) mass is 357 g/mol. The smallest absolute Gasteiger partial charge is 0.242 e. The lowest BCUT2D eigenvalue weighted by molar-refractivity contribution is 0.120. The van der Waals surface area contributed by atoms with Gasteiger partial charge in [-0.25, -0.2) is 12.7 Å². The lowest BCUT2D eigenvalue weighted by Gasteiger charge is -2.27. The van der Waals surface area contributed by atoms with Gasteiger partial charge in [-0.2, -0.15) is 0 Å². The van der Waals surface area contributed by atoms with Crippen molar-refractivity contribution in [2.75, 3.05) is 19.4 Å². The molecule has 1 aromatic rings. The summed E-state index contributed by atoms with van der Waals surface area (Å²) < 4.78 is 25.5. The van der Waals surface area contributed by atoms with Crippen LogP contribution in [0, 0.1) is 0 Å². The summed E-state index contributed by atoms with van der Waals surface area (Å²) in [5, 5.41) is 16.2. The highest BCUT2D eigenvalue weighted by Crippen LogP contribution is 2.20. The zero-order valence-corrected chi connectivity index (χ0v) is 15.0. The summed E-state index contributed by atoms with van der Waals surface area (Å²) >= 11 is 5.29. The highest BCUT2D eigenvalue weighted by atomic mass is 32.2. The molecule has 0 spiro atoms. The van der Waals surface area contributed by atoms with E-state index in [0.717, 1.165) is 25.7 Å². The number of anilines is 1. The van der Waals surface area contributed by atoms with E-state index in [2.05, 4.69) is 10.6 Å². The van der Waals surface area contributed by atoms with Gasteiger partial charge in [0.15, 0.2) is 5.11 Å². The van der Waals surface area contributed by atoms with Gasteiger partial charge in [-0.15, -0.1) is 0 Å². The van der Waals surface area contributed by atoms with Crippen molar-refractivity contribution in [2.24, 2.45) is 0 Å². The van der Waals surface area contributed by atoms with Crippen LogP contribution in [0.15, 0.2) is 29.2 Å². The number of nitrogens with one attached hydrogen (secondary N) is 2. The number of aliphatic hydroxyl groups is 1. The molecule has 6 nitrogen and oxygen atoms in total. The molecule has 1 aromatic carbocycles. The summed E-state index contributed by atoms with van der Waals surface area (Å²) in [5.74, 6) is 0. The fraction of sp³-hybridized carbons (Fsp3) is 0.533. The molecule has 0 aliphatic heterocycles. The second kappa shape index (κ2) is 7.57. The van der Waals surface area contributed by atoms with Crippen LogP contribution in [0.1, 0.15) is 25.7 Å². The number of rotatable bonds is 4. The van der Waals surface area contributed by atoms with Gasteiger partial charge < -0.3 is 15.7 Å². The molecule has 8 heteroatoms. The van der Waals surface area contributed by atoms with E-state index < -0.39 is 10.0 Å². The minimum absolute atomic E-state index is 0.206. The highest BCUT2D eigenvalue weighted by molar-refractivity contribution is 7.89. The summed E-state index contributed by atoms with van der Waals surface area (Å²) in [6.07, 6.45) is 3.09. The Bertz CT molecular complexity index is 654. The standard InChI is InChI=1S/C15H23N3O3S2/c1-18(2)23(20,21)14-5-3-4-12(10-14)17-15(22)16-11-6-8-13(19)9-7-11/h3-5,10-11,13,19H,6-9H2,1-2H3,(H2,16,17,22). The highest BCUT2D eigenvalue weighted by Gasteiger charge is 2.20. The number of sulfonamides is 1. The number of nitrogens with zero attached hydrogens (tertiary/aromatic N) is 1. The van der Waals surface area contributed by atoms with E-state index in [9.17, 15) is 13.5 Å². The lowest BCUT2D eigenvalue weighted by atomic mass is 9.93. The van der Waals surface area contributed by atoms with E-state index in [1.807, 2.05) is 0 Å². The fourth-order valence-corrected chi connectivity index (χ4v) is 3.75. The van der Waals surface area contributed by atoms with Crippen molar-refractivity contribution < 1.29 is 13.5 Å². The van der Waals surface area contributed by atoms with Crippen LogP contribution >= 0.6 is 12.2 Å². The Kier molecular flexibility index (Phi) is 5.96. The van der Waals surface area contributed by atoms with E-state index in [0.29, 0.717) is 10.8 Å². The van der Waals surface area contributed by atoms with Gasteiger partial charge in [0.05, 0.1) is 11.0 Å². The second-order valence-corrected chi connectivity index (χ2v) is 8.48. The molecule has 0 unspecified atom stereocenters. The molecule has 3 N–H and O–H groups in total. The van der Waals surface area contributed by atoms with Gasteiger partial charge in [-0.3, -0.25) is 0 Å². The third-order valence-corrected chi connectivity index (χ3v) is 5.93. The van der Waals surface area contributed by atoms with Gasteiger partial charge in [0, 0.05) is 25.8 Å². The molecule has 0 heterocycles. The van der Waals surface area contributed by atoms with E-state index in [4.69, 9.17) is 12.2 Å². The molecule has 0 bridgehead atoms. The van der Waals surface area contributed by atoms with Crippen LogP contribution in [0.5, 0.6) is 0 Å². The van der Waals surface area contributed by atoms with Crippen LogP contribution < -0.4 is 10.6 Å². The van der Waals surface area contributed by atoms with Crippen molar-refractivity contribution in [3.8, 4) is 0 Å². The SMILES string of the molecule is CN(C)S(=O)(=O)c1cccc(NC(=S)NC2CCC(O)CC2)c1. The molecule has 1 aliphatic carbocycles. The molecule has 2 rings (SSSR count). The second-order valence-electron chi connectivity index (χ2n) is 5.92. The normalized spacial score (nSPS) is 21.9. The maximum Gasteiger partial charge on any atom is 0.242 e. The van der Waals surface area contributed by atoms with Crippen molar-refractivity contribution in [3.63, 3.8) is 0 Å². The molecule has 0 amide bonds. The van der Waals surface area contributed by atoms with Gasteiger partial charge in [0.1, 0.15) is 0 Å². The predicted molar refractivity (Wildman–Crippen MR) is 94.9 cm³/mol.